The van der Waals surface area contributed by atoms with Crippen LogP contribution in [0, 0.1) is 12.8 Å². The van der Waals surface area contributed by atoms with Crippen molar-refractivity contribution in [2.24, 2.45) is 5.92 Å². The first kappa shape index (κ1) is 21.8. The van der Waals surface area contributed by atoms with Crippen molar-refractivity contribution in [3.05, 3.63) is 47.0 Å². The standard InChI is InChI=1S/C24H38N4O/c1-5-24-25-19(3)23(26-24)18-27(6-2)16-21-10-8-13-28(17-21)14-12-20-9-7-11-22(15-20)29-4/h7,9,11,15,21H,5-6,8,10,12-14,16-18H2,1-4H3,(H,25,26). The average Bonchev–Trinajstić information content (AvgIpc) is 3.11. The van der Waals surface area contributed by atoms with Crippen molar-refractivity contribution in [2.45, 2.75) is 53.0 Å². The maximum atomic E-state index is 5.36. The summed E-state index contributed by atoms with van der Waals surface area (Å²) in [6, 6.07) is 8.48. The van der Waals surface area contributed by atoms with Crippen LogP contribution in [0.3, 0.4) is 0 Å². The molecule has 1 aromatic heterocycles. The summed E-state index contributed by atoms with van der Waals surface area (Å²) in [5.41, 5.74) is 3.81. The smallest absolute Gasteiger partial charge is 0.119 e. The Kier molecular flexibility index (Phi) is 8.13. The van der Waals surface area contributed by atoms with Crippen molar-refractivity contribution in [2.75, 3.05) is 39.8 Å². The number of ether oxygens (including phenoxy) is 1. The number of aryl methyl sites for hydroxylation is 2. The van der Waals surface area contributed by atoms with E-state index in [9.17, 15) is 0 Å². The fourth-order valence-corrected chi connectivity index (χ4v) is 4.39. The first-order valence-electron chi connectivity index (χ1n) is 11.2. The van der Waals surface area contributed by atoms with Gasteiger partial charge in [-0.1, -0.05) is 26.0 Å². The van der Waals surface area contributed by atoms with Gasteiger partial charge in [-0.3, -0.25) is 4.90 Å². The molecule has 1 fully saturated rings. The fraction of sp³-hybridized carbons (Fsp3) is 0.625. The number of nitrogens with zero attached hydrogens (tertiary/aromatic N) is 3. The van der Waals surface area contributed by atoms with Gasteiger partial charge >= 0.3 is 0 Å². The number of H-pyrrole nitrogens is 1. The molecule has 5 nitrogen and oxygen atoms in total. The molecule has 29 heavy (non-hydrogen) atoms. The number of imidazole rings is 1. The number of aromatic nitrogens is 2. The van der Waals surface area contributed by atoms with Gasteiger partial charge in [-0.15, -0.1) is 0 Å². The Morgan fingerprint density at radius 2 is 2.17 bits per heavy atom. The normalized spacial score (nSPS) is 17.8. The second-order valence-corrected chi connectivity index (χ2v) is 8.35. The average molecular weight is 399 g/mol. The fourth-order valence-electron chi connectivity index (χ4n) is 4.39. The molecule has 1 unspecified atom stereocenters. The zero-order valence-electron chi connectivity index (χ0n) is 18.7. The van der Waals surface area contributed by atoms with E-state index < -0.39 is 0 Å². The molecule has 5 heteroatoms. The summed E-state index contributed by atoms with van der Waals surface area (Å²) in [5.74, 6) is 2.81. The van der Waals surface area contributed by atoms with Gasteiger partial charge in [-0.25, -0.2) is 4.98 Å². The Morgan fingerprint density at radius 3 is 2.90 bits per heavy atom. The second-order valence-electron chi connectivity index (χ2n) is 8.35. The van der Waals surface area contributed by atoms with Crippen molar-refractivity contribution >= 4 is 0 Å². The maximum Gasteiger partial charge on any atom is 0.119 e. The van der Waals surface area contributed by atoms with Crippen LogP contribution in [-0.2, 0) is 19.4 Å². The van der Waals surface area contributed by atoms with E-state index in [4.69, 9.17) is 9.72 Å². The zero-order valence-corrected chi connectivity index (χ0v) is 18.7. The van der Waals surface area contributed by atoms with Gasteiger partial charge in [0.2, 0.25) is 0 Å². The van der Waals surface area contributed by atoms with Gasteiger partial charge in [0, 0.05) is 38.3 Å². The minimum atomic E-state index is 0.749. The molecule has 160 valence electrons. The number of methoxy groups -OCH3 is 1. The number of hydrogen-bond donors (Lipinski definition) is 1. The summed E-state index contributed by atoms with van der Waals surface area (Å²) in [7, 11) is 1.74. The van der Waals surface area contributed by atoms with E-state index in [1.165, 1.54) is 49.4 Å². The van der Waals surface area contributed by atoms with Crippen LogP contribution < -0.4 is 4.74 Å². The van der Waals surface area contributed by atoms with Crippen molar-refractivity contribution in [1.82, 2.24) is 19.8 Å². The van der Waals surface area contributed by atoms with E-state index in [1.54, 1.807) is 7.11 Å². The molecule has 1 aliphatic rings. The van der Waals surface area contributed by atoms with Gasteiger partial charge in [0.15, 0.2) is 0 Å². The van der Waals surface area contributed by atoms with Crippen LogP contribution in [0.25, 0.3) is 0 Å². The van der Waals surface area contributed by atoms with Gasteiger partial charge < -0.3 is 14.6 Å². The summed E-state index contributed by atoms with van der Waals surface area (Å²) in [4.78, 5) is 13.4. The number of rotatable bonds is 10. The van der Waals surface area contributed by atoms with E-state index in [-0.39, 0.29) is 0 Å². The third kappa shape index (κ3) is 6.31. The lowest BCUT2D eigenvalue weighted by Gasteiger charge is -2.35. The number of nitrogens with one attached hydrogen (secondary N) is 1. The Morgan fingerprint density at radius 1 is 1.31 bits per heavy atom. The molecule has 1 saturated heterocycles. The van der Waals surface area contributed by atoms with Crippen LogP contribution >= 0.6 is 0 Å². The third-order valence-electron chi connectivity index (χ3n) is 6.16. The van der Waals surface area contributed by atoms with Gasteiger partial charge in [-0.2, -0.15) is 0 Å². The van der Waals surface area contributed by atoms with E-state index in [0.29, 0.717) is 0 Å². The molecule has 1 aromatic carbocycles. The molecule has 1 aliphatic heterocycles. The topological polar surface area (TPSA) is 44.4 Å². The van der Waals surface area contributed by atoms with E-state index in [0.717, 1.165) is 50.0 Å². The summed E-state index contributed by atoms with van der Waals surface area (Å²) < 4.78 is 5.36. The molecule has 2 aromatic rings. The molecule has 0 aliphatic carbocycles. The molecule has 1 atom stereocenters. The van der Waals surface area contributed by atoms with Crippen molar-refractivity contribution in [3.8, 4) is 5.75 Å². The second kappa shape index (κ2) is 10.8. The van der Waals surface area contributed by atoms with Crippen molar-refractivity contribution in [3.63, 3.8) is 0 Å². The lowest BCUT2D eigenvalue weighted by molar-refractivity contribution is 0.132. The highest BCUT2D eigenvalue weighted by molar-refractivity contribution is 5.28. The highest BCUT2D eigenvalue weighted by Crippen LogP contribution is 2.20. The molecule has 2 heterocycles. The minimum absolute atomic E-state index is 0.749. The molecule has 0 amide bonds. The van der Waals surface area contributed by atoms with Crippen LogP contribution in [0.15, 0.2) is 24.3 Å². The Hall–Kier alpha value is -1.85. The van der Waals surface area contributed by atoms with Crippen molar-refractivity contribution < 1.29 is 4.74 Å². The predicted molar refractivity (Wildman–Crippen MR) is 120 cm³/mol. The zero-order chi connectivity index (χ0) is 20.6. The minimum Gasteiger partial charge on any atom is -0.497 e. The third-order valence-corrected chi connectivity index (χ3v) is 6.16. The number of hydrogen-bond acceptors (Lipinski definition) is 4. The van der Waals surface area contributed by atoms with Gasteiger partial charge in [0.1, 0.15) is 11.6 Å². The number of aromatic amines is 1. The summed E-state index contributed by atoms with van der Waals surface area (Å²) in [5, 5.41) is 0. The molecule has 0 saturated carbocycles. The van der Waals surface area contributed by atoms with E-state index >= 15 is 0 Å². The highest BCUT2D eigenvalue weighted by atomic mass is 16.5. The Bertz CT molecular complexity index is 757. The number of benzene rings is 1. The van der Waals surface area contributed by atoms with E-state index in [2.05, 4.69) is 53.8 Å². The van der Waals surface area contributed by atoms with Crippen LogP contribution in [0.1, 0.15) is 49.5 Å². The monoisotopic (exact) mass is 398 g/mol. The molecule has 0 radical (unpaired) electrons. The summed E-state index contributed by atoms with van der Waals surface area (Å²) in [6.07, 6.45) is 4.71. The van der Waals surface area contributed by atoms with Crippen LogP contribution in [0.5, 0.6) is 5.75 Å². The first-order chi connectivity index (χ1) is 14.1. The Balaban J connectivity index is 1.50. The van der Waals surface area contributed by atoms with Crippen LogP contribution in [0.2, 0.25) is 0 Å². The van der Waals surface area contributed by atoms with Gasteiger partial charge in [0.25, 0.3) is 0 Å². The highest BCUT2D eigenvalue weighted by Gasteiger charge is 2.22. The summed E-state index contributed by atoms with van der Waals surface area (Å²) >= 11 is 0. The summed E-state index contributed by atoms with van der Waals surface area (Å²) in [6.45, 7) is 13.3. The van der Waals surface area contributed by atoms with Crippen molar-refractivity contribution in [1.29, 1.82) is 0 Å². The largest absolute Gasteiger partial charge is 0.497 e. The molecule has 3 rings (SSSR count). The molecule has 0 spiro atoms. The lowest BCUT2D eigenvalue weighted by atomic mass is 9.96. The van der Waals surface area contributed by atoms with Crippen LogP contribution in [0.4, 0.5) is 0 Å². The molecular weight excluding hydrogens is 360 g/mol. The Labute approximate surface area is 176 Å². The predicted octanol–water partition coefficient (Wildman–Crippen LogP) is 4.07. The molecule has 0 bridgehead atoms. The quantitative estimate of drug-likeness (QED) is 0.655. The number of piperidine rings is 1. The maximum absolute atomic E-state index is 5.36. The SMILES string of the molecule is CCc1nc(CN(CC)CC2CCCN(CCc3cccc(OC)c3)C2)c(C)[nH]1. The number of likely N-dealkylation sites (tertiary alicyclic amines) is 1. The van der Waals surface area contributed by atoms with Crippen LogP contribution in [-0.4, -0.2) is 59.6 Å². The first-order valence-corrected chi connectivity index (χ1v) is 11.2. The van der Waals surface area contributed by atoms with Gasteiger partial charge in [-0.05, 0) is 62.9 Å². The molecular formula is C24H38N4O. The molecule has 1 N–H and O–H groups in total. The lowest BCUT2D eigenvalue weighted by Crippen LogP contribution is -2.41. The van der Waals surface area contributed by atoms with Gasteiger partial charge in [0.05, 0.1) is 12.8 Å². The van der Waals surface area contributed by atoms with E-state index in [1.807, 2.05) is 6.07 Å².